The van der Waals surface area contributed by atoms with E-state index < -0.39 is 5.97 Å². The maximum Gasteiger partial charge on any atom is 0.335 e. The lowest BCUT2D eigenvalue weighted by Gasteiger charge is -2.34. The second kappa shape index (κ2) is 8.89. The zero-order chi connectivity index (χ0) is 25.7. The number of ketones is 2. The summed E-state index contributed by atoms with van der Waals surface area (Å²) in [6, 6.07) is 15.6. The molecule has 37 heavy (non-hydrogen) atoms. The molecule has 6 rings (SSSR count). The van der Waals surface area contributed by atoms with Crippen molar-refractivity contribution in [3.8, 4) is 11.3 Å². The van der Waals surface area contributed by atoms with Crippen LogP contribution in [0.15, 0.2) is 59.1 Å². The van der Waals surface area contributed by atoms with Crippen LogP contribution in [0, 0.1) is 5.92 Å². The highest BCUT2D eigenvalue weighted by Gasteiger charge is 2.35. The van der Waals surface area contributed by atoms with Gasteiger partial charge in [-0.15, -0.1) is 0 Å². The van der Waals surface area contributed by atoms with E-state index in [-0.39, 0.29) is 23.0 Å². The van der Waals surface area contributed by atoms with E-state index in [4.69, 9.17) is 4.52 Å². The fourth-order valence-corrected chi connectivity index (χ4v) is 5.51. The number of anilines is 3. The zero-order valence-electron chi connectivity index (χ0n) is 20.3. The van der Waals surface area contributed by atoms with Crippen molar-refractivity contribution in [1.82, 2.24) is 5.16 Å². The topological polar surface area (TPSA) is 113 Å². The first-order valence-corrected chi connectivity index (χ1v) is 12.4. The molecule has 1 aliphatic carbocycles. The number of carbonyl (C=O) groups is 3. The average Bonchev–Trinajstić information content (AvgIpc) is 3.37. The Bertz CT molecular complexity index is 1590. The standard InChI is InChI=1S/C29H25N3O5/c1-2-23(33)17-8-6-12-32(15-17)22-14-21(30-18-9-5-7-16(13-18)29(35)36)24-25-26(22)31-37-28(25)20-11-4-3-10-19(20)27(24)34/h3-5,7,9-11,13-14,17,30H,2,6,8,12,15H2,1H3,(H,35,36)/t17-/m0/s1. The van der Waals surface area contributed by atoms with Gasteiger partial charge in [-0.25, -0.2) is 4.79 Å². The minimum absolute atomic E-state index is 0.0567. The van der Waals surface area contributed by atoms with E-state index >= 15 is 0 Å². The Kier molecular flexibility index (Phi) is 5.52. The summed E-state index contributed by atoms with van der Waals surface area (Å²) in [5, 5.41) is 17.8. The highest BCUT2D eigenvalue weighted by Crippen LogP contribution is 2.46. The lowest BCUT2D eigenvalue weighted by molar-refractivity contribution is -0.122. The van der Waals surface area contributed by atoms with E-state index in [2.05, 4.69) is 15.4 Å². The average molecular weight is 496 g/mol. The maximum absolute atomic E-state index is 13.8. The Labute approximate surface area is 212 Å². The number of carboxylic acids is 1. The lowest BCUT2D eigenvalue weighted by atomic mass is 9.86. The van der Waals surface area contributed by atoms with Crippen LogP contribution in [-0.4, -0.2) is 40.9 Å². The minimum atomic E-state index is -1.03. The Balaban J connectivity index is 1.55. The number of fused-ring (bicyclic) bond motifs is 2. The predicted molar refractivity (Wildman–Crippen MR) is 140 cm³/mol. The molecule has 0 amide bonds. The molecule has 1 fully saturated rings. The molecular weight excluding hydrogens is 470 g/mol. The molecule has 0 spiro atoms. The van der Waals surface area contributed by atoms with Crippen molar-refractivity contribution in [2.45, 2.75) is 26.2 Å². The first kappa shape index (κ1) is 23.0. The molecule has 8 heteroatoms. The second-order valence-corrected chi connectivity index (χ2v) is 9.54. The number of aromatic nitrogens is 1. The summed E-state index contributed by atoms with van der Waals surface area (Å²) in [5.41, 5.74) is 4.24. The van der Waals surface area contributed by atoms with Crippen molar-refractivity contribution in [2.24, 2.45) is 5.92 Å². The summed E-state index contributed by atoms with van der Waals surface area (Å²) in [4.78, 5) is 40.0. The second-order valence-electron chi connectivity index (χ2n) is 9.54. The summed E-state index contributed by atoms with van der Waals surface area (Å²) < 4.78 is 5.85. The molecule has 186 valence electrons. The van der Waals surface area contributed by atoms with E-state index in [1.807, 2.05) is 31.2 Å². The van der Waals surface area contributed by atoms with Crippen LogP contribution in [0.25, 0.3) is 22.2 Å². The molecule has 8 nitrogen and oxygen atoms in total. The van der Waals surface area contributed by atoms with Gasteiger partial charge in [0.1, 0.15) is 11.3 Å². The van der Waals surface area contributed by atoms with Crippen LogP contribution >= 0.6 is 0 Å². The Morgan fingerprint density at radius 1 is 1.14 bits per heavy atom. The Morgan fingerprint density at radius 2 is 1.95 bits per heavy atom. The van der Waals surface area contributed by atoms with Crippen molar-refractivity contribution >= 4 is 45.5 Å². The molecule has 1 aliphatic heterocycles. The van der Waals surface area contributed by atoms with Crippen LogP contribution in [0.4, 0.5) is 17.1 Å². The van der Waals surface area contributed by atoms with Gasteiger partial charge in [-0.3, -0.25) is 9.59 Å². The quantitative estimate of drug-likeness (QED) is 0.310. The summed E-state index contributed by atoms with van der Waals surface area (Å²) in [6.07, 6.45) is 2.22. The highest BCUT2D eigenvalue weighted by atomic mass is 16.5. The number of rotatable bonds is 6. The maximum atomic E-state index is 13.8. The third-order valence-corrected chi connectivity index (χ3v) is 7.33. The van der Waals surface area contributed by atoms with Crippen LogP contribution in [0.1, 0.15) is 52.5 Å². The number of aromatic carboxylic acids is 1. The number of piperidine rings is 1. The van der Waals surface area contributed by atoms with Crippen molar-refractivity contribution in [3.05, 3.63) is 71.3 Å². The molecule has 4 aromatic rings. The summed E-state index contributed by atoms with van der Waals surface area (Å²) in [5.74, 6) is -0.473. The normalized spacial score (nSPS) is 16.5. The van der Waals surface area contributed by atoms with E-state index in [1.54, 1.807) is 18.2 Å². The largest absolute Gasteiger partial charge is 0.478 e. The molecule has 2 aliphatic rings. The van der Waals surface area contributed by atoms with Crippen molar-refractivity contribution in [3.63, 3.8) is 0 Å². The van der Waals surface area contributed by atoms with Crippen molar-refractivity contribution < 1.29 is 24.0 Å². The van der Waals surface area contributed by atoms with E-state index in [9.17, 15) is 19.5 Å². The van der Waals surface area contributed by atoms with Crippen molar-refractivity contribution in [2.75, 3.05) is 23.3 Å². The molecule has 1 atom stereocenters. The minimum Gasteiger partial charge on any atom is -0.478 e. The summed E-state index contributed by atoms with van der Waals surface area (Å²) >= 11 is 0. The van der Waals surface area contributed by atoms with Gasteiger partial charge < -0.3 is 19.8 Å². The molecule has 0 unspecified atom stereocenters. The van der Waals surface area contributed by atoms with Crippen LogP contribution in [0.2, 0.25) is 0 Å². The first-order chi connectivity index (χ1) is 18.0. The third-order valence-electron chi connectivity index (χ3n) is 7.33. The van der Waals surface area contributed by atoms with E-state index in [0.29, 0.717) is 57.7 Å². The number of hydrogen-bond donors (Lipinski definition) is 2. The number of Topliss-reactive ketones (excluding diaryl/α,β-unsaturated/α-hetero) is 1. The van der Waals surface area contributed by atoms with Crippen LogP contribution in [0.5, 0.6) is 0 Å². The number of nitrogens with one attached hydrogen (secondary N) is 1. The van der Waals surface area contributed by atoms with Gasteiger partial charge >= 0.3 is 5.97 Å². The fraction of sp³-hybridized carbons (Fsp3) is 0.241. The molecule has 0 radical (unpaired) electrons. The number of benzene rings is 3. The van der Waals surface area contributed by atoms with Crippen LogP contribution < -0.4 is 10.2 Å². The monoisotopic (exact) mass is 495 g/mol. The molecular formula is C29H25N3O5. The number of hydrogen-bond acceptors (Lipinski definition) is 7. The van der Waals surface area contributed by atoms with Gasteiger partial charge in [0.2, 0.25) is 0 Å². The lowest BCUT2D eigenvalue weighted by Crippen LogP contribution is -2.38. The fourth-order valence-electron chi connectivity index (χ4n) is 5.51. The van der Waals surface area contributed by atoms with Crippen LogP contribution in [0.3, 0.4) is 0 Å². The van der Waals surface area contributed by atoms with Gasteiger partial charge in [0.25, 0.3) is 0 Å². The predicted octanol–water partition coefficient (Wildman–Crippen LogP) is 5.68. The molecule has 2 N–H and O–H groups in total. The molecule has 0 bridgehead atoms. The zero-order valence-corrected chi connectivity index (χ0v) is 20.3. The molecule has 2 heterocycles. The molecule has 0 saturated carbocycles. The van der Waals surface area contributed by atoms with E-state index in [1.165, 1.54) is 12.1 Å². The SMILES string of the molecule is CCC(=O)[C@H]1CCCN(c2cc(Nc3cccc(C(=O)O)c3)c3c4c(onc24)-c2ccccc2C3=O)C1. The Hall–Kier alpha value is -4.46. The van der Waals surface area contributed by atoms with Gasteiger partial charge in [0.15, 0.2) is 11.5 Å². The van der Waals surface area contributed by atoms with Crippen LogP contribution in [-0.2, 0) is 4.79 Å². The number of nitrogens with zero attached hydrogens (tertiary/aromatic N) is 2. The van der Waals surface area contributed by atoms with Crippen molar-refractivity contribution in [1.29, 1.82) is 0 Å². The number of carboxylic acid groups (broad SMARTS) is 1. The summed E-state index contributed by atoms with van der Waals surface area (Å²) in [7, 11) is 0. The van der Waals surface area contributed by atoms with Gasteiger partial charge in [0, 0.05) is 42.2 Å². The molecule has 3 aromatic carbocycles. The van der Waals surface area contributed by atoms with Gasteiger partial charge in [-0.05, 0) is 37.1 Å². The smallest absolute Gasteiger partial charge is 0.335 e. The first-order valence-electron chi connectivity index (χ1n) is 12.4. The highest BCUT2D eigenvalue weighted by molar-refractivity contribution is 6.28. The van der Waals surface area contributed by atoms with Gasteiger partial charge in [-0.1, -0.05) is 42.4 Å². The van der Waals surface area contributed by atoms with E-state index in [0.717, 1.165) is 25.1 Å². The van der Waals surface area contributed by atoms with Gasteiger partial charge in [-0.2, -0.15) is 0 Å². The molecule has 1 saturated heterocycles. The third kappa shape index (κ3) is 3.76. The molecule has 1 aromatic heterocycles. The Morgan fingerprint density at radius 3 is 2.73 bits per heavy atom. The number of carbonyl (C=O) groups excluding carboxylic acids is 2. The summed E-state index contributed by atoms with van der Waals surface area (Å²) in [6.45, 7) is 3.21. The van der Waals surface area contributed by atoms with Gasteiger partial charge in [0.05, 0.1) is 27.9 Å².